The highest BCUT2D eigenvalue weighted by atomic mass is 16.5. The molecule has 0 saturated heterocycles. The van der Waals surface area contributed by atoms with Gasteiger partial charge in [0, 0.05) is 12.6 Å². The summed E-state index contributed by atoms with van der Waals surface area (Å²) in [6, 6.07) is 27.4. The van der Waals surface area contributed by atoms with Crippen molar-refractivity contribution in [3.8, 4) is 22.8 Å². The minimum atomic E-state index is -0.287. The summed E-state index contributed by atoms with van der Waals surface area (Å²) in [5, 5.41) is 7.60. The zero-order valence-electron chi connectivity index (χ0n) is 21.0. The third-order valence-corrected chi connectivity index (χ3v) is 5.72. The minimum absolute atomic E-state index is 0.287. The number of anilines is 1. The van der Waals surface area contributed by atoms with Gasteiger partial charge in [-0.3, -0.25) is 9.48 Å². The maximum Gasteiger partial charge on any atom is 0.274 e. The van der Waals surface area contributed by atoms with Crippen LogP contribution in [0.3, 0.4) is 0 Å². The van der Waals surface area contributed by atoms with E-state index in [2.05, 4.69) is 15.3 Å². The van der Waals surface area contributed by atoms with Crippen LogP contribution in [0.2, 0.25) is 0 Å². The first kappa shape index (κ1) is 25.0. The number of methoxy groups -OCH3 is 1. The van der Waals surface area contributed by atoms with Crippen molar-refractivity contribution in [2.24, 2.45) is 0 Å². The Labute approximate surface area is 212 Å². The zero-order valence-corrected chi connectivity index (χ0v) is 21.0. The monoisotopic (exact) mass is 484 g/mol. The number of benzene rings is 3. The van der Waals surface area contributed by atoms with Crippen molar-refractivity contribution in [2.45, 2.75) is 13.0 Å². The maximum atomic E-state index is 13.5. The standard InChI is InChI=1S/C29H32N4O3/c1-32(2)17-10-18-36-28-20-26(33(31-28)21-22-11-6-4-7-12-22)29(34)30-25-19-24(15-16-27(25)35-3)23-13-8-5-9-14-23/h4-9,11-16,19-20H,10,17-18,21H2,1-3H3,(H,30,34). The van der Waals surface area contributed by atoms with Crippen molar-refractivity contribution in [1.29, 1.82) is 0 Å². The lowest BCUT2D eigenvalue weighted by atomic mass is 10.0. The van der Waals surface area contributed by atoms with Crippen LogP contribution in [-0.4, -0.2) is 54.9 Å². The van der Waals surface area contributed by atoms with E-state index in [1.807, 2.05) is 93.0 Å². The predicted octanol–water partition coefficient (Wildman–Crippen LogP) is 5.19. The molecule has 1 heterocycles. The second kappa shape index (κ2) is 12.0. The molecular formula is C29H32N4O3. The van der Waals surface area contributed by atoms with Gasteiger partial charge in [0.25, 0.3) is 5.91 Å². The van der Waals surface area contributed by atoms with Crippen molar-refractivity contribution in [1.82, 2.24) is 14.7 Å². The lowest BCUT2D eigenvalue weighted by molar-refractivity contribution is 0.101. The molecule has 0 aliphatic heterocycles. The summed E-state index contributed by atoms with van der Waals surface area (Å²) in [7, 11) is 5.64. The average molecular weight is 485 g/mol. The van der Waals surface area contributed by atoms with E-state index in [9.17, 15) is 4.79 Å². The fourth-order valence-electron chi connectivity index (χ4n) is 3.88. The molecular weight excluding hydrogens is 452 g/mol. The lowest BCUT2D eigenvalue weighted by Crippen LogP contribution is -2.18. The van der Waals surface area contributed by atoms with E-state index in [0.717, 1.165) is 29.7 Å². The number of hydrogen-bond donors (Lipinski definition) is 1. The van der Waals surface area contributed by atoms with Gasteiger partial charge in [-0.15, -0.1) is 5.10 Å². The summed E-state index contributed by atoms with van der Waals surface area (Å²) in [6.45, 7) is 1.88. The van der Waals surface area contributed by atoms with E-state index in [4.69, 9.17) is 9.47 Å². The molecule has 0 radical (unpaired) electrons. The molecule has 1 aromatic heterocycles. The van der Waals surface area contributed by atoms with Gasteiger partial charge in [0.05, 0.1) is 25.9 Å². The smallest absolute Gasteiger partial charge is 0.274 e. The highest BCUT2D eigenvalue weighted by Crippen LogP contribution is 2.31. The van der Waals surface area contributed by atoms with Gasteiger partial charge in [-0.2, -0.15) is 0 Å². The first-order chi connectivity index (χ1) is 17.5. The van der Waals surface area contributed by atoms with Crippen LogP contribution < -0.4 is 14.8 Å². The van der Waals surface area contributed by atoms with Crippen molar-refractivity contribution in [3.63, 3.8) is 0 Å². The molecule has 0 atom stereocenters. The fourth-order valence-corrected chi connectivity index (χ4v) is 3.88. The summed E-state index contributed by atoms with van der Waals surface area (Å²) in [5.41, 5.74) is 4.07. The van der Waals surface area contributed by atoms with E-state index >= 15 is 0 Å². The second-order valence-corrected chi connectivity index (χ2v) is 8.75. The molecule has 0 unspecified atom stereocenters. The van der Waals surface area contributed by atoms with Crippen LogP contribution in [0.4, 0.5) is 5.69 Å². The van der Waals surface area contributed by atoms with E-state index in [1.165, 1.54) is 0 Å². The third kappa shape index (κ3) is 6.52. The highest BCUT2D eigenvalue weighted by Gasteiger charge is 2.19. The molecule has 1 amide bonds. The molecule has 3 aromatic carbocycles. The quantitative estimate of drug-likeness (QED) is 0.297. The summed E-state index contributed by atoms with van der Waals surface area (Å²) in [4.78, 5) is 15.6. The van der Waals surface area contributed by atoms with Gasteiger partial charge in [-0.1, -0.05) is 66.7 Å². The molecule has 0 saturated carbocycles. The molecule has 0 fully saturated rings. The molecule has 7 heteroatoms. The van der Waals surface area contributed by atoms with Crippen LogP contribution in [-0.2, 0) is 6.54 Å². The van der Waals surface area contributed by atoms with Crippen LogP contribution in [0.5, 0.6) is 11.6 Å². The molecule has 36 heavy (non-hydrogen) atoms. The van der Waals surface area contributed by atoms with Gasteiger partial charge in [-0.25, -0.2) is 0 Å². The van der Waals surface area contributed by atoms with Gasteiger partial charge in [-0.05, 0) is 49.3 Å². The van der Waals surface area contributed by atoms with Gasteiger partial charge in [0.15, 0.2) is 0 Å². The number of aromatic nitrogens is 2. The summed E-state index contributed by atoms with van der Waals surface area (Å²) < 4.78 is 13.1. The molecule has 1 N–H and O–H groups in total. The third-order valence-electron chi connectivity index (χ3n) is 5.72. The fraction of sp³-hybridized carbons (Fsp3) is 0.241. The number of ether oxygens (including phenoxy) is 2. The number of hydrogen-bond acceptors (Lipinski definition) is 5. The van der Waals surface area contributed by atoms with Gasteiger partial charge in [0.1, 0.15) is 11.4 Å². The van der Waals surface area contributed by atoms with Crippen LogP contribution in [0.1, 0.15) is 22.5 Å². The Bertz CT molecular complexity index is 1270. The summed E-state index contributed by atoms with van der Waals surface area (Å²) in [5.74, 6) is 0.724. The number of nitrogens with zero attached hydrogens (tertiary/aromatic N) is 3. The second-order valence-electron chi connectivity index (χ2n) is 8.75. The van der Waals surface area contributed by atoms with Crippen LogP contribution in [0.25, 0.3) is 11.1 Å². The number of rotatable bonds is 11. The molecule has 0 aliphatic carbocycles. The van der Waals surface area contributed by atoms with Crippen LogP contribution in [0.15, 0.2) is 84.9 Å². The number of amides is 1. The molecule has 0 aliphatic rings. The summed E-state index contributed by atoms with van der Waals surface area (Å²) >= 11 is 0. The Morgan fingerprint density at radius 1 is 0.944 bits per heavy atom. The molecule has 0 spiro atoms. The first-order valence-electron chi connectivity index (χ1n) is 12.0. The Morgan fingerprint density at radius 3 is 2.36 bits per heavy atom. The van der Waals surface area contributed by atoms with Gasteiger partial charge < -0.3 is 19.7 Å². The van der Waals surface area contributed by atoms with Gasteiger partial charge >= 0.3 is 0 Å². The van der Waals surface area contributed by atoms with E-state index in [-0.39, 0.29) is 5.91 Å². The molecule has 7 nitrogen and oxygen atoms in total. The topological polar surface area (TPSA) is 68.6 Å². The molecule has 186 valence electrons. The Kier molecular flexibility index (Phi) is 8.36. The normalized spacial score (nSPS) is 10.9. The lowest BCUT2D eigenvalue weighted by Gasteiger charge is -2.13. The zero-order chi connectivity index (χ0) is 25.3. The van der Waals surface area contributed by atoms with E-state index in [1.54, 1.807) is 17.9 Å². The van der Waals surface area contributed by atoms with Crippen LogP contribution >= 0.6 is 0 Å². The number of nitrogens with one attached hydrogen (secondary N) is 1. The number of carbonyl (C=O) groups is 1. The highest BCUT2D eigenvalue weighted by molar-refractivity contribution is 6.04. The van der Waals surface area contributed by atoms with Crippen molar-refractivity contribution < 1.29 is 14.3 Å². The molecule has 0 bridgehead atoms. The van der Waals surface area contributed by atoms with E-state index < -0.39 is 0 Å². The van der Waals surface area contributed by atoms with Crippen molar-refractivity contribution in [2.75, 3.05) is 39.7 Å². The largest absolute Gasteiger partial charge is 0.495 e. The maximum absolute atomic E-state index is 13.5. The molecule has 4 rings (SSSR count). The first-order valence-corrected chi connectivity index (χ1v) is 12.0. The van der Waals surface area contributed by atoms with Crippen molar-refractivity contribution >= 4 is 11.6 Å². The number of carbonyl (C=O) groups excluding carboxylic acids is 1. The minimum Gasteiger partial charge on any atom is -0.495 e. The Balaban J connectivity index is 1.59. The van der Waals surface area contributed by atoms with E-state index in [0.29, 0.717) is 36.2 Å². The van der Waals surface area contributed by atoms with Gasteiger partial charge in [0.2, 0.25) is 5.88 Å². The summed E-state index contributed by atoms with van der Waals surface area (Å²) in [6.07, 6.45) is 0.865. The average Bonchev–Trinajstić information content (AvgIpc) is 3.30. The Hall–Kier alpha value is -4.10. The SMILES string of the molecule is COc1ccc(-c2ccccc2)cc1NC(=O)c1cc(OCCCN(C)C)nn1Cc1ccccc1. The Morgan fingerprint density at radius 2 is 1.67 bits per heavy atom. The van der Waals surface area contributed by atoms with Crippen LogP contribution in [0, 0.1) is 0 Å². The molecule has 4 aromatic rings. The van der Waals surface area contributed by atoms with Crippen molar-refractivity contribution in [3.05, 3.63) is 96.2 Å². The predicted molar refractivity (Wildman–Crippen MR) is 143 cm³/mol.